The molecule has 0 aliphatic rings. The summed E-state index contributed by atoms with van der Waals surface area (Å²) >= 11 is 0. The average Bonchev–Trinajstić information content (AvgIpc) is 2.96. The van der Waals surface area contributed by atoms with Crippen molar-refractivity contribution in [2.75, 3.05) is 20.1 Å². The maximum Gasteiger partial charge on any atom is 0.253 e. The maximum absolute atomic E-state index is 12.8. The molecule has 3 rings (SSSR count). The molecule has 0 aliphatic carbocycles. The summed E-state index contributed by atoms with van der Waals surface area (Å²) in [4.78, 5) is 19.2. The van der Waals surface area contributed by atoms with Crippen molar-refractivity contribution in [2.24, 2.45) is 11.1 Å². The molecule has 1 aromatic heterocycles. The van der Waals surface area contributed by atoms with Crippen LogP contribution in [0.5, 0.6) is 0 Å². The summed E-state index contributed by atoms with van der Waals surface area (Å²) in [5.41, 5.74) is 9.21. The molecule has 0 bridgehead atoms. The number of para-hydroxylation sites is 1. The first-order valence-electron chi connectivity index (χ1n) is 8.82. The lowest BCUT2D eigenvalue weighted by Crippen LogP contribution is -2.39. The van der Waals surface area contributed by atoms with E-state index in [1.165, 1.54) is 0 Å². The summed E-state index contributed by atoms with van der Waals surface area (Å²) in [5.74, 6) is 0.883. The quantitative estimate of drug-likeness (QED) is 0.767. The van der Waals surface area contributed by atoms with Crippen molar-refractivity contribution >= 4 is 16.9 Å². The normalized spacial score (nSPS) is 11.7. The van der Waals surface area contributed by atoms with Gasteiger partial charge in [-0.25, -0.2) is 4.98 Å². The summed E-state index contributed by atoms with van der Waals surface area (Å²) < 4.78 is 2.10. The number of imidazole rings is 1. The molecule has 3 aromatic rings. The minimum absolute atomic E-state index is 0.0136. The molecule has 0 unspecified atom stereocenters. The van der Waals surface area contributed by atoms with Gasteiger partial charge in [0.15, 0.2) is 0 Å². The molecular formula is C21H26N4O. The van der Waals surface area contributed by atoms with E-state index in [1.807, 2.05) is 50.4 Å². The molecule has 1 heterocycles. The van der Waals surface area contributed by atoms with Crippen LogP contribution < -0.4 is 5.73 Å². The molecule has 136 valence electrons. The number of fused-ring (bicyclic) bond motifs is 1. The molecular weight excluding hydrogens is 324 g/mol. The lowest BCUT2D eigenvalue weighted by atomic mass is 9.93. The zero-order chi connectivity index (χ0) is 18.9. The van der Waals surface area contributed by atoms with Gasteiger partial charge in [-0.1, -0.05) is 32.0 Å². The highest BCUT2D eigenvalue weighted by Gasteiger charge is 2.22. The maximum atomic E-state index is 12.8. The third-order valence-electron chi connectivity index (χ3n) is 4.65. The summed E-state index contributed by atoms with van der Waals surface area (Å²) in [6.45, 7) is 7.24. The van der Waals surface area contributed by atoms with Gasteiger partial charge in [0.1, 0.15) is 5.82 Å². The highest BCUT2D eigenvalue weighted by Crippen LogP contribution is 2.23. The van der Waals surface area contributed by atoms with Gasteiger partial charge in [0.25, 0.3) is 5.91 Å². The Morgan fingerprint density at radius 1 is 1.19 bits per heavy atom. The average molecular weight is 350 g/mol. The van der Waals surface area contributed by atoms with Gasteiger partial charge >= 0.3 is 0 Å². The third-order valence-corrected chi connectivity index (χ3v) is 4.65. The Balaban J connectivity index is 1.95. The van der Waals surface area contributed by atoms with E-state index in [2.05, 4.69) is 35.5 Å². The van der Waals surface area contributed by atoms with Crippen molar-refractivity contribution in [3.8, 4) is 5.69 Å². The van der Waals surface area contributed by atoms with Crippen LogP contribution in [0.2, 0.25) is 0 Å². The first kappa shape index (κ1) is 18.1. The number of carbonyl (C=O) groups is 1. The second-order valence-corrected chi connectivity index (χ2v) is 7.56. The largest absolute Gasteiger partial charge is 0.341 e. The van der Waals surface area contributed by atoms with Crippen molar-refractivity contribution in [2.45, 2.75) is 20.8 Å². The Bertz CT molecular complexity index is 928. The monoisotopic (exact) mass is 350 g/mol. The Hall–Kier alpha value is -2.66. The van der Waals surface area contributed by atoms with Gasteiger partial charge in [-0.2, -0.15) is 0 Å². The minimum Gasteiger partial charge on any atom is -0.341 e. The summed E-state index contributed by atoms with van der Waals surface area (Å²) in [7, 11) is 1.82. The Kier molecular flexibility index (Phi) is 4.83. The Labute approximate surface area is 154 Å². The van der Waals surface area contributed by atoms with E-state index in [-0.39, 0.29) is 11.3 Å². The Morgan fingerprint density at radius 2 is 1.88 bits per heavy atom. The molecule has 5 nitrogen and oxygen atoms in total. The number of amides is 1. The van der Waals surface area contributed by atoms with Crippen LogP contribution in [0, 0.1) is 12.3 Å². The lowest BCUT2D eigenvalue weighted by molar-refractivity contribution is 0.0740. The van der Waals surface area contributed by atoms with Crippen LogP contribution in [0.3, 0.4) is 0 Å². The van der Waals surface area contributed by atoms with E-state index < -0.39 is 0 Å². The number of aryl methyl sites for hydroxylation is 1. The smallest absolute Gasteiger partial charge is 0.253 e. The van der Waals surface area contributed by atoms with Gasteiger partial charge in [0.2, 0.25) is 0 Å². The van der Waals surface area contributed by atoms with Crippen LogP contribution in [0.15, 0.2) is 48.5 Å². The molecule has 0 radical (unpaired) electrons. The van der Waals surface area contributed by atoms with Gasteiger partial charge in [-0.05, 0) is 49.2 Å². The van der Waals surface area contributed by atoms with E-state index in [0.29, 0.717) is 18.7 Å². The van der Waals surface area contributed by atoms with Crippen LogP contribution in [-0.2, 0) is 0 Å². The van der Waals surface area contributed by atoms with Crippen molar-refractivity contribution in [1.82, 2.24) is 14.5 Å². The number of hydrogen-bond donors (Lipinski definition) is 1. The number of benzene rings is 2. The number of carbonyl (C=O) groups excluding carboxylic acids is 1. The van der Waals surface area contributed by atoms with Crippen LogP contribution in [-0.4, -0.2) is 40.5 Å². The number of aromatic nitrogens is 2. The predicted octanol–water partition coefficient (Wildman–Crippen LogP) is 3.39. The fourth-order valence-corrected chi connectivity index (χ4v) is 3.24. The molecule has 0 fully saturated rings. The SMILES string of the molecule is Cc1nc2cc(C(=O)N(C)CC(C)(C)CN)ccc2n1-c1ccccc1. The van der Waals surface area contributed by atoms with Crippen molar-refractivity contribution < 1.29 is 4.79 Å². The lowest BCUT2D eigenvalue weighted by Gasteiger charge is -2.29. The highest BCUT2D eigenvalue weighted by atomic mass is 16.2. The summed E-state index contributed by atoms with van der Waals surface area (Å²) in [6, 6.07) is 15.8. The number of hydrogen-bond acceptors (Lipinski definition) is 3. The van der Waals surface area contributed by atoms with Gasteiger partial charge in [-0.3, -0.25) is 9.36 Å². The van der Waals surface area contributed by atoms with E-state index in [1.54, 1.807) is 4.90 Å². The molecule has 0 spiro atoms. The van der Waals surface area contributed by atoms with Crippen LogP contribution in [0.4, 0.5) is 0 Å². The predicted molar refractivity (Wildman–Crippen MR) is 106 cm³/mol. The second kappa shape index (κ2) is 6.92. The highest BCUT2D eigenvalue weighted by molar-refractivity contribution is 5.97. The first-order chi connectivity index (χ1) is 12.3. The second-order valence-electron chi connectivity index (χ2n) is 7.56. The van der Waals surface area contributed by atoms with Gasteiger partial charge in [-0.15, -0.1) is 0 Å². The summed E-state index contributed by atoms with van der Waals surface area (Å²) in [5, 5.41) is 0. The molecule has 0 atom stereocenters. The van der Waals surface area contributed by atoms with E-state index in [9.17, 15) is 4.79 Å². The molecule has 0 saturated carbocycles. The molecule has 0 aliphatic heterocycles. The van der Waals surface area contributed by atoms with Gasteiger partial charge < -0.3 is 10.6 Å². The van der Waals surface area contributed by atoms with E-state index in [0.717, 1.165) is 22.5 Å². The fourth-order valence-electron chi connectivity index (χ4n) is 3.24. The first-order valence-corrected chi connectivity index (χ1v) is 8.82. The molecule has 2 aromatic carbocycles. The van der Waals surface area contributed by atoms with Crippen LogP contribution in [0.25, 0.3) is 16.7 Å². The Morgan fingerprint density at radius 3 is 2.54 bits per heavy atom. The van der Waals surface area contributed by atoms with Crippen molar-refractivity contribution in [3.63, 3.8) is 0 Å². The van der Waals surface area contributed by atoms with E-state index >= 15 is 0 Å². The molecule has 2 N–H and O–H groups in total. The topological polar surface area (TPSA) is 64.2 Å². The number of nitrogens with two attached hydrogens (primary N) is 1. The molecule has 26 heavy (non-hydrogen) atoms. The van der Waals surface area contributed by atoms with Gasteiger partial charge in [0.05, 0.1) is 11.0 Å². The minimum atomic E-state index is -0.111. The zero-order valence-electron chi connectivity index (χ0n) is 15.9. The zero-order valence-corrected chi connectivity index (χ0v) is 15.9. The molecule has 5 heteroatoms. The number of rotatable bonds is 5. The molecule has 0 saturated heterocycles. The van der Waals surface area contributed by atoms with Crippen LogP contribution >= 0.6 is 0 Å². The van der Waals surface area contributed by atoms with Gasteiger partial charge in [0, 0.05) is 24.8 Å². The summed E-state index contributed by atoms with van der Waals surface area (Å²) in [6.07, 6.45) is 0. The van der Waals surface area contributed by atoms with Crippen molar-refractivity contribution in [3.05, 3.63) is 59.9 Å². The molecule has 1 amide bonds. The van der Waals surface area contributed by atoms with E-state index in [4.69, 9.17) is 5.73 Å². The van der Waals surface area contributed by atoms with Crippen LogP contribution in [0.1, 0.15) is 30.0 Å². The third kappa shape index (κ3) is 3.48. The fraction of sp³-hybridized carbons (Fsp3) is 0.333. The van der Waals surface area contributed by atoms with Crippen molar-refractivity contribution in [1.29, 1.82) is 0 Å². The number of nitrogens with zero attached hydrogens (tertiary/aromatic N) is 3. The standard InChI is InChI=1S/C21H26N4O/c1-15-23-18-12-16(20(26)24(4)14-21(2,3)13-22)10-11-19(18)25(15)17-8-6-5-7-9-17/h5-12H,13-14,22H2,1-4H3.